The zero-order chi connectivity index (χ0) is 13.4. The molecule has 0 heterocycles. The van der Waals surface area contributed by atoms with Gasteiger partial charge in [0.1, 0.15) is 0 Å². The van der Waals surface area contributed by atoms with Crippen LogP contribution in [0.15, 0.2) is 30.3 Å². The van der Waals surface area contributed by atoms with Crippen LogP contribution in [0.25, 0.3) is 0 Å². The van der Waals surface area contributed by atoms with E-state index in [9.17, 15) is 4.79 Å². The lowest BCUT2D eigenvalue weighted by Gasteiger charge is -2.24. The first-order valence-corrected chi connectivity index (χ1v) is 6.74. The van der Waals surface area contributed by atoms with Gasteiger partial charge in [-0.15, -0.1) is 0 Å². The zero-order valence-electron chi connectivity index (χ0n) is 11.6. The number of nitrogens with one attached hydrogen (secondary N) is 1. The molecule has 1 aromatic carbocycles. The Morgan fingerprint density at radius 1 is 1.28 bits per heavy atom. The van der Waals surface area contributed by atoms with Crippen molar-refractivity contribution in [3.63, 3.8) is 0 Å². The van der Waals surface area contributed by atoms with Crippen LogP contribution >= 0.6 is 0 Å². The summed E-state index contributed by atoms with van der Waals surface area (Å²) >= 11 is 0. The predicted molar refractivity (Wildman–Crippen MR) is 76.6 cm³/mol. The highest BCUT2D eigenvalue weighted by molar-refractivity contribution is 5.80. The summed E-state index contributed by atoms with van der Waals surface area (Å²) in [6.45, 7) is 8.37. The van der Waals surface area contributed by atoms with E-state index in [1.54, 1.807) is 0 Å². The molecule has 0 aromatic heterocycles. The largest absolute Gasteiger partial charge is 0.376 e. The first-order valence-electron chi connectivity index (χ1n) is 6.74. The van der Waals surface area contributed by atoms with E-state index in [0.29, 0.717) is 12.5 Å². The van der Waals surface area contributed by atoms with E-state index < -0.39 is 0 Å². The molecule has 3 nitrogen and oxygen atoms in total. The van der Waals surface area contributed by atoms with E-state index in [1.807, 2.05) is 42.2 Å². The Balaban J connectivity index is 2.43. The standard InChI is InChI=1S/C15H24N2O/c1-4-13(3)12-17(5-2)15(18)11-16-14-9-7-6-8-10-14/h6-10,13,16H,4-5,11-12H2,1-3H3. The maximum Gasteiger partial charge on any atom is 0.241 e. The number of carbonyl (C=O) groups is 1. The smallest absolute Gasteiger partial charge is 0.241 e. The van der Waals surface area contributed by atoms with Crippen LogP contribution in [0.4, 0.5) is 5.69 Å². The lowest BCUT2D eigenvalue weighted by molar-refractivity contribution is -0.129. The summed E-state index contributed by atoms with van der Waals surface area (Å²) in [5.41, 5.74) is 0.991. The number of hydrogen-bond donors (Lipinski definition) is 1. The van der Waals surface area contributed by atoms with E-state index in [4.69, 9.17) is 0 Å². The third-order valence-corrected chi connectivity index (χ3v) is 3.18. The van der Waals surface area contributed by atoms with Gasteiger partial charge in [0, 0.05) is 18.8 Å². The Kier molecular flexibility index (Phi) is 6.26. The molecule has 3 heteroatoms. The summed E-state index contributed by atoms with van der Waals surface area (Å²) < 4.78 is 0. The second-order valence-corrected chi connectivity index (χ2v) is 4.67. The highest BCUT2D eigenvalue weighted by Crippen LogP contribution is 2.07. The van der Waals surface area contributed by atoms with Crippen molar-refractivity contribution in [3.8, 4) is 0 Å². The SMILES string of the molecule is CCC(C)CN(CC)C(=O)CNc1ccccc1. The van der Waals surface area contributed by atoms with Crippen molar-refractivity contribution in [1.29, 1.82) is 0 Å². The number of rotatable bonds is 7. The maximum absolute atomic E-state index is 12.1. The van der Waals surface area contributed by atoms with Crippen LogP contribution in [-0.4, -0.2) is 30.4 Å². The normalized spacial score (nSPS) is 11.9. The van der Waals surface area contributed by atoms with Gasteiger partial charge in [0.05, 0.1) is 6.54 Å². The van der Waals surface area contributed by atoms with E-state index in [2.05, 4.69) is 19.2 Å². The maximum atomic E-state index is 12.1. The highest BCUT2D eigenvalue weighted by atomic mass is 16.2. The first kappa shape index (κ1) is 14.6. The summed E-state index contributed by atoms with van der Waals surface area (Å²) in [6, 6.07) is 9.83. The molecule has 0 radical (unpaired) electrons. The van der Waals surface area contributed by atoms with Crippen molar-refractivity contribution < 1.29 is 4.79 Å². The molecule has 0 aliphatic heterocycles. The van der Waals surface area contributed by atoms with Crippen LogP contribution in [0.2, 0.25) is 0 Å². The van der Waals surface area contributed by atoms with Crippen molar-refractivity contribution in [2.24, 2.45) is 5.92 Å². The Labute approximate surface area is 110 Å². The third kappa shape index (κ3) is 4.78. The molecule has 0 bridgehead atoms. The molecule has 0 fully saturated rings. The van der Waals surface area contributed by atoms with Crippen LogP contribution in [0.3, 0.4) is 0 Å². The molecule has 1 rings (SSSR count). The van der Waals surface area contributed by atoms with E-state index in [1.165, 1.54) is 0 Å². The van der Waals surface area contributed by atoms with Crippen molar-refractivity contribution in [3.05, 3.63) is 30.3 Å². The summed E-state index contributed by atoms with van der Waals surface area (Å²) in [5.74, 6) is 0.729. The molecular weight excluding hydrogens is 224 g/mol. The van der Waals surface area contributed by atoms with Gasteiger partial charge in [-0.1, -0.05) is 38.5 Å². The number of likely N-dealkylation sites (N-methyl/N-ethyl adjacent to an activating group) is 1. The summed E-state index contributed by atoms with van der Waals surface area (Å²) in [7, 11) is 0. The fourth-order valence-corrected chi connectivity index (χ4v) is 1.76. The van der Waals surface area contributed by atoms with Gasteiger partial charge in [-0.05, 0) is 25.0 Å². The number of carbonyl (C=O) groups excluding carboxylic acids is 1. The lowest BCUT2D eigenvalue weighted by atomic mass is 10.1. The third-order valence-electron chi connectivity index (χ3n) is 3.18. The quantitative estimate of drug-likeness (QED) is 0.804. The molecule has 0 saturated carbocycles. The number of benzene rings is 1. The number of nitrogens with zero attached hydrogens (tertiary/aromatic N) is 1. The van der Waals surface area contributed by atoms with Crippen molar-refractivity contribution in [2.75, 3.05) is 25.0 Å². The molecular formula is C15H24N2O. The molecule has 1 amide bonds. The molecule has 0 aliphatic rings. The summed E-state index contributed by atoms with van der Waals surface area (Å²) in [5, 5.41) is 3.16. The molecule has 0 spiro atoms. The van der Waals surface area contributed by atoms with Gasteiger partial charge in [-0.3, -0.25) is 4.79 Å². The minimum atomic E-state index is 0.168. The minimum Gasteiger partial charge on any atom is -0.376 e. The molecule has 18 heavy (non-hydrogen) atoms. The Hall–Kier alpha value is -1.51. The molecule has 100 valence electrons. The average molecular weight is 248 g/mol. The first-order chi connectivity index (χ1) is 8.67. The van der Waals surface area contributed by atoms with Crippen molar-refractivity contribution >= 4 is 11.6 Å². The molecule has 1 unspecified atom stereocenters. The highest BCUT2D eigenvalue weighted by Gasteiger charge is 2.13. The number of amides is 1. The van der Waals surface area contributed by atoms with Gasteiger partial charge in [-0.2, -0.15) is 0 Å². The topological polar surface area (TPSA) is 32.3 Å². The van der Waals surface area contributed by atoms with Crippen LogP contribution in [-0.2, 0) is 4.79 Å². The van der Waals surface area contributed by atoms with Gasteiger partial charge in [0.2, 0.25) is 5.91 Å². The number of anilines is 1. The Morgan fingerprint density at radius 3 is 2.50 bits per heavy atom. The van der Waals surface area contributed by atoms with Gasteiger partial charge in [0.15, 0.2) is 0 Å². The summed E-state index contributed by atoms with van der Waals surface area (Å²) in [6.07, 6.45) is 1.11. The predicted octanol–water partition coefficient (Wildman–Crippen LogP) is 2.99. The van der Waals surface area contributed by atoms with Crippen LogP contribution in [0.5, 0.6) is 0 Å². The lowest BCUT2D eigenvalue weighted by Crippen LogP contribution is -2.38. The Bertz CT molecular complexity index is 351. The Morgan fingerprint density at radius 2 is 1.94 bits per heavy atom. The molecule has 1 N–H and O–H groups in total. The monoisotopic (exact) mass is 248 g/mol. The molecule has 0 aliphatic carbocycles. The zero-order valence-corrected chi connectivity index (χ0v) is 11.6. The summed E-state index contributed by atoms with van der Waals surface area (Å²) in [4.78, 5) is 14.0. The van der Waals surface area contributed by atoms with Gasteiger partial charge >= 0.3 is 0 Å². The van der Waals surface area contributed by atoms with E-state index in [-0.39, 0.29) is 5.91 Å². The fraction of sp³-hybridized carbons (Fsp3) is 0.533. The van der Waals surface area contributed by atoms with Crippen LogP contribution in [0.1, 0.15) is 27.2 Å². The van der Waals surface area contributed by atoms with E-state index in [0.717, 1.165) is 25.2 Å². The van der Waals surface area contributed by atoms with Crippen molar-refractivity contribution in [1.82, 2.24) is 4.90 Å². The number of para-hydroxylation sites is 1. The van der Waals surface area contributed by atoms with Gasteiger partial charge in [0.25, 0.3) is 0 Å². The second-order valence-electron chi connectivity index (χ2n) is 4.67. The molecule has 1 aromatic rings. The fourth-order valence-electron chi connectivity index (χ4n) is 1.76. The van der Waals surface area contributed by atoms with Gasteiger partial charge < -0.3 is 10.2 Å². The van der Waals surface area contributed by atoms with Crippen LogP contribution in [0, 0.1) is 5.92 Å². The minimum absolute atomic E-state index is 0.168. The average Bonchev–Trinajstić information content (AvgIpc) is 2.42. The number of hydrogen-bond acceptors (Lipinski definition) is 2. The second kappa shape index (κ2) is 7.75. The van der Waals surface area contributed by atoms with Crippen LogP contribution < -0.4 is 5.32 Å². The molecule has 1 atom stereocenters. The van der Waals surface area contributed by atoms with Gasteiger partial charge in [-0.25, -0.2) is 0 Å². The van der Waals surface area contributed by atoms with E-state index >= 15 is 0 Å². The van der Waals surface area contributed by atoms with Crippen molar-refractivity contribution in [2.45, 2.75) is 27.2 Å². The molecule has 0 saturated heterocycles.